The summed E-state index contributed by atoms with van der Waals surface area (Å²) in [6, 6.07) is 11.2. The Kier molecular flexibility index (Phi) is 3.90. The van der Waals surface area contributed by atoms with Crippen LogP contribution < -0.4 is 10.4 Å². The molecule has 2 aromatic rings. The van der Waals surface area contributed by atoms with E-state index in [0.717, 1.165) is 6.42 Å². The molecule has 0 fully saturated rings. The Balaban J connectivity index is 1.71. The Morgan fingerprint density at radius 2 is 1.89 bits per heavy atom. The van der Waals surface area contributed by atoms with Crippen LogP contribution in [0.3, 0.4) is 0 Å². The lowest BCUT2D eigenvalue weighted by atomic mass is 9.74. The standard InChI is InChI=1S/C25H23BrS/c1-14-9-19-15(2)20-13-23(26)27-22(20)12-21(19)24(14)25(3,4)18-10-16-7-5-6-8-17(16)11-18/h5-10,12-13,23H,11H2,1-4H3. The summed E-state index contributed by atoms with van der Waals surface area (Å²) in [6.07, 6.45) is 8.24. The molecule has 1 aliphatic heterocycles. The molecule has 0 amide bonds. The summed E-state index contributed by atoms with van der Waals surface area (Å²) in [5, 5.41) is 2.85. The van der Waals surface area contributed by atoms with Crippen molar-refractivity contribution in [1.82, 2.24) is 0 Å². The predicted octanol–water partition coefficient (Wildman–Crippen LogP) is 5.84. The van der Waals surface area contributed by atoms with Crippen molar-refractivity contribution in [1.29, 1.82) is 0 Å². The summed E-state index contributed by atoms with van der Waals surface area (Å²) in [6.45, 7) is 9.38. The van der Waals surface area contributed by atoms with Gasteiger partial charge in [-0.1, -0.05) is 77.8 Å². The molecule has 0 aromatic heterocycles. The maximum atomic E-state index is 3.76. The molecule has 0 bridgehead atoms. The van der Waals surface area contributed by atoms with Crippen LogP contribution in [-0.2, 0) is 6.42 Å². The Morgan fingerprint density at radius 3 is 2.67 bits per heavy atom. The molecular formula is C25H23BrS. The number of hydrogen-bond donors (Lipinski definition) is 0. The van der Waals surface area contributed by atoms with Gasteiger partial charge in [-0.3, -0.25) is 0 Å². The van der Waals surface area contributed by atoms with Crippen molar-refractivity contribution < 1.29 is 0 Å². The van der Waals surface area contributed by atoms with Gasteiger partial charge in [0.1, 0.15) is 0 Å². The van der Waals surface area contributed by atoms with Gasteiger partial charge in [0.25, 0.3) is 0 Å². The van der Waals surface area contributed by atoms with E-state index in [2.05, 4.69) is 92.2 Å². The van der Waals surface area contributed by atoms with Crippen molar-refractivity contribution in [3.63, 3.8) is 0 Å². The maximum Gasteiger partial charge on any atom is 0.0836 e. The molecule has 2 aromatic carbocycles. The van der Waals surface area contributed by atoms with Crippen LogP contribution in [0.4, 0.5) is 0 Å². The first kappa shape index (κ1) is 17.6. The first-order chi connectivity index (χ1) is 12.9. The van der Waals surface area contributed by atoms with Crippen LogP contribution in [0.1, 0.15) is 43.0 Å². The Labute approximate surface area is 173 Å². The number of allylic oxidation sites excluding steroid dienone is 2. The minimum atomic E-state index is 0.0202. The van der Waals surface area contributed by atoms with Crippen LogP contribution in [0.15, 0.2) is 46.4 Å². The van der Waals surface area contributed by atoms with E-state index in [0.29, 0.717) is 4.16 Å². The second-order valence-corrected chi connectivity index (χ2v) is 11.2. The molecule has 5 rings (SSSR count). The minimum absolute atomic E-state index is 0.0202. The van der Waals surface area contributed by atoms with Gasteiger partial charge in [0.2, 0.25) is 0 Å². The predicted molar refractivity (Wildman–Crippen MR) is 122 cm³/mol. The molecule has 1 unspecified atom stereocenters. The number of fused-ring (bicyclic) bond motifs is 3. The van der Waals surface area contributed by atoms with Crippen LogP contribution in [-0.4, -0.2) is 4.16 Å². The normalized spacial score (nSPS) is 20.0. The van der Waals surface area contributed by atoms with Crippen LogP contribution in [0.25, 0.3) is 23.8 Å². The molecule has 1 heterocycles. The molecule has 0 saturated heterocycles. The second kappa shape index (κ2) is 5.99. The molecule has 136 valence electrons. The second-order valence-electron chi connectivity index (χ2n) is 8.38. The van der Waals surface area contributed by atoms with E-state index in [1.807, 2.05) is 11.8 Å². The van der Waals surface area contributed by atoms with Gasteiger partial charge >= 0.3 is 0 Å². The summed E-state index contributed by atoms with van der Waals surface area (Å²) in [5.74, 6) is 0. The number of alkyl halides is 1. The van der Waals surface area contributed by atoms with Crippen molar-refractivity contribution in [2.45, 2.75) is 43.2 Å². The van der Waals surface area contributed by atoms with Gasteiger partial charge in [0, 0.05) is 10.3 Å². The number of hydrogen-bond acceptors (Lipinski definition) is 1. The third kappa shape index (κ3) is 2.57. The van der Waals surface area contributed by atoms with Gasteiger partial charge in [0.15, 0.2) is 0 Å². The van der Waals surface area contributed by atoms with Crippen LogP contribution in [0.2, 0.25) is 0 Å². The van der Waals surface area contributed by atoms with Crippen molar-refractivity contribution in [3.8, 4) is 0 Å². The van der Waals surface area contributed by atoms with Crippen molar-refractivity contribution >= 4 is 51.5 Å². The molecule has 0 radical (unpaired) electrons. The van der Waals surface area contributed by atoms with Crippen LogP contribution in [0, 0.1) is 12.3 Å². The van der Waals surface area contributed by atoms with E-state index < -0.39 is 0 Å². The van der Waals surface area contributed by atoms with E-state index in [1.165, 1.54) is 54.3 Å². The van der Waals surface area contributed by atoms with E-state index in [9.17, 15) is 0 Å². The fourth-order valence-corrected chi connectivity index (χ4v) is 6.82. The Hall–Kier alpha value is -1.51. The molecule has 1 atom stereocenters. The minimum Gasteiger partial charge on any atom is -0.106 e. The highest BCUT2D eigenvalue weighted by atomic mass is 79.9. The fraction of sp³-hybridized carbons (Fsp3) is 0.280. The highest BCUT2D eigenvalue weighted by molar-refractivity contribution is 9.11. The van der Waals surface area contributed by atoms with Gasteiger partial charge in [-0.05, 0) is 70.2 Å². The molecule has 2 aliphatic carbocycles. The quantitative estimate of drug-likeness (QED) is 0.535. The molecule has 3 aliphatic rings. The zero-order valence-corrected chi connectivity index (χ0v) is 18.6. The molecule has 27 heavy (non-hydrogen) atoms. The van der Waals surface area contributed by atoms with Crippen molar-refractivity contribution in [2.75, 3.05) is 0 Å². The Morgan fingerprint density at radius 1 is 1.11 bits per heavy atom. The number of benzene rings is 2. The highest BCUT2D eigenvalue weighted by Gasteiger charge is 2.34. The highest BCUT2D eigenvalue weighted by Crippen LogP contribution is 2.46. The average Bonchev–Trinajstić information content (AvgIpc) is 3.29. The van der Waals surface area contributed by atoms with Gasteiger partial charge in [-0.2, -0.15) is 0 Å². The number of rotatable bonds is 2. The van der Waals surface area contributed by atoms with Crippen molar-refractivity contribution in [2.24, 2.45) is 5.41 Å². The number of thioether (sulfide) groups is 1. The summed E-state index contributed by atoms with van der Waals surface area (Å²) in [7, 11) is 0. The lowest BCUT2D eigenvalue weighted by molar-refractivity contribution is 0.591. The molecular weight excluding hydrogens is 412 g/mol. The lowest BCUT2D eigenvalue weighted by Crippen LogP contribution is -2.25. The molecule has 0 saturated carbocycles. The molecule has 0 nitrogen and oxygen atoms in total. The van der Waals surface area contributed by atoms with Gasteiger partial charge in [-0.25, -0.2) is 0 Å². The SMILES string of the molecule is CC1=Cc2c(C)c3c(cc2=C1C(C)(C)C1=Cc2ccccc2C1)SC(Br)C=3. The molecule has 0 N–H and O–H groups in total. The summed E-state index contributed by atoms with van der Waals surface area (Å²) < 4.78 is 0.391. The largest absolute Gasteiger partial charge is 0.106 e. The van der Waals surface area contributed by atoms with Crippen LogP contribution in [0.5, 0.6) is 0 Å². The van der Waals surface area contributed by atoms with E-state index in [1.54, 1.807) is 0 Å². The summed E-state index contributed by atoms with van der Waals surface area (Å²) in [5.41, 5.74) is 10.1. The summed E-state index contributed by atoms with van der Waals surface area (Å²) in [4.78, 5) is 1.41. The maximum absolute atomic E-state index is 3.76. The lowest BCUT2D eigenvalue weighted by Gasteiger charge is -2.30. The summed E-state index contributed by atoms with van der Waals surface area (Å²) >= 11 is 5.67. The Bertz CT molecular complexity index is 1180. The van der Waals surface area contributed by atoms with Gasteiger partial charge < -0.3 is 0 Å². The van der Waals surface area contributed by atoms with Crippen molar-refractivity contribution in [3.05, 3.63) is 74.2 Å². The first-order valence-electron chi connectivity index (χ1n) is 9.55. The monoisotopic (exact) mass is 434 g/mol. The van der Waals surface area contributed by atoms with Gasteiger partial charge in [0.05, 0.1) is 4.16 Å². The first-order valence-corrected chi connectivity index (χ1v) is 11.3. The van der Waals surface area contributed by atoms with E-state index >= 15 is 0 Å². The van der Waals surface area contributed by atoms with E-state index in [-0.39, 0.29) is 5.41 Å². The van der Waals surface area contributed by atoms with Crippen LogP contribution >= 0.6 is 27.7 Å². The third-order valence-corrected chi connectivity index (χ3v) is 8.17. The van der Waals surface area contributed by atoms with E-state index in [4.69, 9.17) is 0 Å². The number of halogens is 1. The average molecular weight is 435 g/mol. The fourth-order valence-electron chi connectivity index (χ4n) is 4.97. The third-order valence-electron chi connectivity index (χ3n) is 6.39. The zero-order chi connectivity index (χ0) is 18.9. The molecule has 0 spiro atoms. The zero-order valence-electron chi connectivity index (χ0n) is 16.2. The molecule has 2 heteroatoms. The topological polar surface area (TPSA) is 0 Å². The van der Waals surface area contributed by atoms with Gasteiger partial charge in [-0.15, -0.1) is 11.8 Å². The smallest absolute Gasteiger partial charge is 0.0836 e.